The summed E-state index contributed by atoms with van der Waals surface area (Å²) < 4.78 is 2.25. The Morgan fingerprint density at radius 2 is 2.20 bits per heavy atom. The lowest BCUT2D eigenvalue weighted by atomic mass is 9.75. The molecule has 3 rings (SSSR count). The number of aromatic nitrogens is 2. The molecule has 1 aromatic heterocycles. The van der Waals surface area contributed by atoms with Gasteiger partial charge in [-0.25, -0.2) is 0 Å². The maximum absolute atomic E-state index is 4.66. The van der Waals surface area contributed by atoms with Crippen LogP contribution in [0.2, 0.25) is 0 Å². The summed E-state index contributed by atoms with van der Waals surface area (Å²) in [5, 5.41) is 8.11. The van der Waals surface area contributed by atoms with Crippen molar-refractivity contribution in [3.63, 3.8) is 0 Å². The Morgan fingerprint density at radius 3 is 2.93 bits per heavy atom. The monoisotopic (exact) mass is 205 g/mol. The molecule has 1 aromatic rings. The SMILES string of the molecule is CCc1cc2n(n1)CCC21CCNCC1. The highest BCUT2D eigenvalue weighted by Gasteiger charge is 2.40. The van der Waals surface area contributed by atoms with Crippen LogP contribution in [0.15, 0.2) is 6.07 Å². The largest absolute Gasteiger partial charge is 0.317 e. The van der Waals surface area contributed by atoms with Crippen molar-refractivity contribution in [3.8, 4) is 0 Å². The topological polar surface area (TPSA) is 29.9 Å². The van der Waals surface area contributed by atoms with Crippen LogP contribution in [0.5, 0.6) is 0 Å². The Kier molecular flexibility index (Phi) is 2.09. The summed E-state index contributed by atoms with van der Waals surface area (Å²) in [4.78, 5) is 0. The molecule has 15 heavy (non-hydrogen) atoms. The van der Waals surface area contributed by atoms with Gasteiger partial charge in [-0.1, -0.05) is 6.92 Å². The van der Waals surface area contributed by atoms with Crippen LogP contribution >= 0.6 is 0 Å². The molecule has 1 saturated heterocycles. The Labute approximate surface area is 90.9 Å². The number of hydrogen-bond acceptors (Lipinski definition) is 2. The van der Waals surface area contributed by atoms with Crippen LogP contribution in [0.3, 0.4) is 0 Å². The van der Waals surface area contributed by atoms with Crippen molar-refractivity contribution >= 4 is 0 Å². The van der Waals surface area contributed by atoms with Gasteiger partial charge in [-0.2, -0.15) is 5.10 Å². The third-order valence-corrected chi connectivity index (χ3v) is 4.10. The van der Waals surface area contributed by atoms with E-state index in [-0.39, 0.29) is 0 Å². The molecular weight excluding hydrogens is 186 g/mol. The quantitative estimate of drug-likeness (QED) is 0.752. The standard InChI is InChI=1S/C12H19N3/c1-2-10-9-11-12(3-6-13-7-4-12)5-8-15(11)14-10/h9,13H,2-8H2,1H3. The van der Waals surface area contributed by atoms with Crippen molar-refractivity contribution in [1.29, 1.82) is 0 Å². The summed E-state index contributed by atoms with van der Waals surface area (Å²) in [7, 11) is 0. The second-order valence-electron chi connectivity index (χ2n) is 4.88. The fourth-order valence-electron chi connectivity index (χ4n) is 3.10. The molecule has 3 nitrogen and oxygen atoms in total. The van der Waals surface area contributed by atoms with E-state index in [0.717, 1.165) is 13.0 Å². The summed E-state index contributed by atoms with van der Waals surface area (Å²) in [6.45, 7) is 5.67. The fourth-order valence-corrected chi connectivity index (χ4v) is 3.10. The summed E-state index contributed by atoms with van der Waals surface area (Å²) in [6, 6.07) is 2.35. The number of nitrogens with zero attached hydrogens (tertiary/aromatic N) is 2. The molecule has 0 saturated carbocycles. The maximum Gasteiger partial charge on any atom is 0.0625 e. The van der Waals surface area contributed by atoms with Crippen molar-refractivity contribution in [2.24, 2.45) is 0 Å². The molecule has 0 unspecified atom stereocenters. The maximum atomic E-state index is 4.66. The first-order valence-corrected chi connectivity index (χ1v) is 6.12. The van der Waals surface area contributed by atoms with Gasteiger partial charge in [0.15, 0.2) is 0 Å². The first-order chi connectivity index (χ1) is 7.34. The van der Waals surface area contributed by atoms with Gasteiger partial charge in [0.05, 0.1) is 5.69 Å². The molecule has 2 aliphatic rings. The van der Waals surface area contributed by atoms with Gasteiger partial charge in [0, 0.05) is 17.7 Å². The molecule has 2 aliphatic heterocycles. The van der Waals surface area contributed by atoms with Crippen molar-refractivity contribution in [1.82, 2.24) is 15.1 Å². The van der Waals surface area contributed by atoms with Gasteiger partial charge in [0.25, 0.3) is 0 Å². The van der Waals surface area contributed by atoms with Gasteiger partial charge in [-0.15, -0.1) is 0 Å². The molecule has 0 aliphatic carbocycles. The third-order valence-electron chi connectivity index (χ3n) is 4.10. The predicted molar refractivity (Wildman–Crippen MR) is 60.0 cm³/mol. The number of aryl methyl sites for hydroxylation is 2. The molecule has 0 atom stereocenters. The molecule has 82 valence electrons. The van der Waals surface area contributed by atoms with Crippen LogP contribution in [0, 0.1) is 0 Å². The van der Waals surface area contributed by atoms with Gasteiger partial charge in [-0.05, 0) is 44.8 Å². The van der Waals surface area contributed by atoms with Gasteiger partial charge in [0.1, 0.15) is 0 Å². The number of fused-ring (bicyclic) bond motifs is 2. The van der Waals surface area contributed by atoms with E-state index < -0.39 is 0 Å². The van der Waals surface area contributed by atoms with Crippen LogP contribution < -0.4 is 5.32 Å². The minimum atomic E-state index is 0.464. The Bertz CT molecular complexity index is 361. The van der Waals surface area contributed by atoms with Crippen LogP contribution in [-0.4, -0.2) is 22.9 Å². The summed E-state index contributed by atoms with van der Waals surface area (Å²) in [5.74, 6) is 0. The minimum Gasteiger partial charge on any atom is -0.317 e. The van der Waals surface area contributed by atoms with Crippen molar-refractivity contribution in [3.05, 3.63) is 17.5 Å². The van der Waals surface area contributed by atoms with Gasteiger partial charge >= 0.3 is 0 Å². The van der Waals surface area contributed by atoms with E-state index in [4.69, 9.17) is 0 Å². The lowest BCUT2D eigenvalue weighted by molar-refractivity contribution is 0.306. The lowest BCUT2D eigenvalue weighted by Gasteiger charge is -2.33. The highest BCUT2D eigenvalue weighted by atomic mass is 15.3. The van der Waals surface area contributed by atoms with E-state index in [9.17, 15) is 0 Å². The van der Waals surface area contributed by atoms with E-state index in [2.05, 4.69) is 28.1 Å². The molecule has 0 radical (unpaired) electrons. The summed E-state index contributed by atoms with van der Waals surface area (Å²) in [6.07, 6.45) is 4.96. The highest BCUT2D eigenvalue weighted by molar-refractivity contribution is 5.25. The number of piperidine rings is 1. The first kappa shape index (κ1) is 9.40. The predicted octanol–water partition coefficient (Wildman–Crippen LogP) is 1.47. The van der Waals surface area contributed by atoms with E-state index in [0.29, 0.717) is 5.41 Å². The number of nitrogens with one attached hydrogen (secondary N) is 1. The van der Waals surface area contributed by atoms with E-state index >= 15 is 0 Å². The number of rotatable bonds is 1. The van der Waals surface area contributed by atoms with Gasteiger partial charge in [0.2, 0.25) is 0 Å². The van der Waals surface area contributed by atoms with Crippen molar-refractivity contribution < 1.29 is 0 Å². The lowest BCUT2D eigenvalue weighted by Crippen LogP contribution is -2.38. The highest BCUT2D eigenvalue weighted by Crippen LogP contribution is 2.41. The van der Waals surface area contributed by atoms with Crippen molar-refractivity contribution in [2.75, 3.05) is 13.1 Å². The molecule has 0 bridgehead atoms. The van der Waals surface area contributed by atoms with Gasteiger partial charge in [-0.3, -0.25) is 4.68 Å². The van der Waals surface area contributed by atoms with E-state index in [1.54, 1.807) is 0 Å². The summed E-state index contributed by atoms with van der Waals surface area (Å²) >= 11 is 0. The molecule has 3 heterocycles. The molecular formula is C12H19N3. The summed E-state index contributed by atoms with van der Waals surface area (Å²) in [5.41, 5.74) is 3.24. The zero-order valence-electron chi connectivity index (χ0n) is 9.42. The smallest absolute Gasteiger partial charge is 0.0625 e. The average Bonchev–Trinajstić information content (AvgIpc) is 2.82. The zero-order chi connectivity index (χ0) is 10.3. The minimum absolute atomic E-state index is 0.464. The van der Waals surface area contributed by atoms with E-state index in [1.807, 2.05) is 0 Å². The average molecular weight is 205 g/mol. The van der Waals surface area contributed by atoms with Crippen LogP contribution in [0.4, 0.5) is 0 Å². The molecule has 1 fully saturated rings. The zero-order valence-corrected chi connectivity index (χ0v) is 9.42. The molecule has 3 heteroatoms. The Hall–Kier alpha value is -0.830. The van der Waals surface area contributed by atoms with Crippen molar-refractivity contribution in [2.45, 2.75) is 44.6 Å². The van der Waals surface area contributed by atoms with E-state index in [1.165, 1.54) is 43.7 Å². The Morgan fingerprint density at radius 1 is 1.40 bits per heavy atom. The number of hydrogen-bond donors (Lipinski definition) is 1. The molecule has 1 N–H and O–H groups in total. The molecule has 0 amide bonds. The van der Waals surface area contributed by atoms with Crippen LogP contribution in [0.1, 0.15) is 37.6 Å². The van der Waals surface area contributed by atoms with Crippen LogP contribution in [-0.2, 0) is 18.4 Å². The normalized spacial score (nSPS) is 23.3. The Balaban J connectivity index is 1.98. The fraction of sp³-hybridized carbons (Fsp3) is 0.750. The molecule has 1 spiro atoms. The molecule has 0 aromatic carbocycles. The second kappa shape index (κ2) is 3.34. The first-order valence-electron chi connectivity index (χ1n) is 6.12. The van der Waals surface area contributed by atoms with Crippen LogP contribution in [0.25, 0.3) is 0 Å². The second-order valence-corrected chi connectivity index (χ2v) is 4.88. The third kappa shape index (κ3) is 1.33. The van der Waals surface area contributed by atoms with Gasteiger partial charge < -0.3 is 5.32 Å².